The smallest absolute Gasteiger partial charge is 0.315 e. The van der Waals surface area contributed by atoms with E-state index in [2.05, 4.69) is 20.5 Å². The van der Waals surface area contributed by atoms with Crippen molar-refractivity contribution in [2.75, 3.05) is 18.0 Å². The van der Waals surface area contributed by atoms with Gasteiger partial charge in [0, 0.05) is 32.4 Å². The number of carbonyl (C=O) groups excluding carboxylic acids is 1. The van der Waals surface area contributed by atoms with Gasteiger partial charge < -0.3 is 15.5 Å². The molecule has 120 valence electrons. The van der Waals surface area contributed by atoms with Crippen LogP contribution in [0.25, 0.3) is 0 Å². The van der Waals surface area contributed by atoms with Gasteiger partial charge in [0.1, 0.15) is 5.82 Å². The Morgan fingerprint density at radius 3 is 2.30 bits per heavy atom. The molecular formula is C18H22N4O. The van der Waals surface area contributed by atoms with Crippen molar-refractivity contribution in [3.8, 4) is 0 Å². The minimum absolute atomic E-state index is 0.169. The molecule has 0 bridgehead atoms. The van der Waals surface area contributed by atoms with Crippen LogP contribution in [0.4, 0.5) is 10.6 Å². The monoisotopic (exact) mass is 310 g/mol. The molecule has 1 aromatic carbocycles. The molecule has 0 saturated carbocycles. The van der Waals surface area contributed by atoms with E-state index in [0.29, 0.717) is 13.1 Å². The lowest BCUT2D eigenvalue weighted by Gasteiger charge is -2.16. The van der Waals surface area contributed by atoms with E-state index in [4.69, 9.17) is 0 Å². The fraction of sp³-hybridized carbons (Fsp3) is 0.333. The molecule has 23 heavy (non-hydrogen) atoms. The number of anilines is 1. The number of hydrogen-bond donors (Lipinski definition) is 2. The summed E-state index contributed by atoms with van der Waals surface area (Å²) in [5.41, 5.74) is 2.09. The second-order valence-electron chi connectivity index (χ2n) is 5.74. The van der Waals surface area contributed by atoms with Crippen LogP contribution in [0.5, 0.6) is 0 Å². The van der Waals surface area contributed by atoms with Crippen LogP contribution in [0.2, 0.25) is 0 Å². The van der Waals surface area contributed by atoms with Crippen LogP contribution in [-0.2, 0) is 13.1 Å². The summed E-state index contributed by atoms with van der Waals surface area (Å²) in [5.74, 6) is 1.03. The van der Waals surface area contributed by atoms with E-state index in [0.717, 1.165) is 30.0 Å². The van der Waals surface area contributed by atoms with E-state index < -0.39 is 0 Å². The van der Waals surface area contributed by atoms with Crippen LogP contribution < -0.4 is 15.5 Å². The van der Waals surface area contributed by atoms with E-state index in [-0.39, 0.29) is 6.03 Å². The summed E-state index contributed by atoms with van der Waals surface area (Å²) < 4.78 is 0. The highest BCUT2D eigenvalue weighted by molar-refractivity contribution is 5.73. The standard InChI is InChI=1S/C18H22N4O/c23-18(20-12-15-6-2-1-3-7-15)21-14-16-8-9-17(19-13-16)22-10-4-5-11-22/h1-3,6-9,13H,4-5,10-12,14H2,(H2,20,21,23). The largest absolute Gasteiger partial charge is 0.357 e. The van der Waals surface area contributed by atoms with Crippen molar-refractivity contribution in [3.63, 3.8) is 0 Å². The minimum Gasteiger partial charge on any atom is -0.357 e. The third-order valence-electron chi connectivity index (χ3n) is 3.99. The van der Waals surface area contributed by atoms with Gasteiger partial charge in [-0.3, -0.25) is 0 Å². The number of nitrogens with zero attached hydrogens (tertiary/aromatic N) is 2. The lowest BCUT2D eigenvalue weighted by atomic mass is 10.2. The zero-order valence-corrected chi connectivity index (χ0v) is 13.2. The molecule has 0 spiro atoms. The second-order valence-corrected chi connectivity index (χ2v) is 5.74. The first-order valence-corrected chi connectivity index (χ1v) is 8.07. The lowest BCUT2D eigenvalue weighted by Crippen LogP contribution is -2.34. The molecule has 0 aliphatic carbocycles. The molecule has 1 fully saturated rings. The van der Waals surface area contributed by atoms with Crippen LogP contribution in [0.1, 0.15) is 24.0 Å². The molecule has 3 rings (SSSR count). The van der Waals surface area contributed by atoms with E-state index in [1.165, 1.54) is 12.8 Å². The summed E-state index contributed by atoms with van der Waals surface area (Å²) in [7, 11) is 0. The Morgan fingerprint density at radius 2 is 1.65 bits per heavy atom. The summed E-state index contributed by atoms with van der Waals surface area (Å²) in [6, 6.07) is 13.7. The highest BCUT2D eigenvalue weighted by Gasteiger charge is 2.12. The highest BCUT2D eigenvalue weighted by Crippen LogP contribution is 2.17. The van der Waals surface area contributed by atoms with E-state index in [1.54, 1.807) is 0 Å². The number of amides is 2. The van der Waals surface area contributed by atoms with Crippen molar-refractivity contribution in [1.29, 1.82) is 0 Å². The molecule has 1 aliphatic rings. The van der Waals surface area contributed by atoms with Crippen molar-refractivity contribution < 1.29 is 4.79 Å². The van der Waals surface area contributed by atoms with Gasteiger partial charge in [-0.15, -0.1) is 0 Å². The highest BCUT2D eigenvalue weighted by atomic mass is 16.2. The van der Waals surface area contributed by atoms with Gasteiger partial charge in [0.2, 0.25) is 0 Å². The van der Waals surface area contributed by atoms with Crippen molar-refractivity contribution >= 4 is 11.8 Å². The van der Waals surface area contributed by atoms with Crippen LogP contribution in [-0.4, -0.2) is 24.1 Å². The fourth-order valence-electron chi connectivity index (χ4n) is 2.68. The van der Waals surface area contributed by atoms with Crippen LogP contribution in [0, 0.1) is 0 Å². The number of aromatic nitrogens is 1. The third kappa shape index (κ3) is 4.45. The molecule has 2 amide bonds. The summed E-state index contributed by atoms with van der Waals surface area (Å²) in [6.45, 7) is 3.19. The summed E-state index contributed by atoms with van der Waals surface area (Å²) in [4.78, 5) is 18.6. The van der Waals surface area contributed by atoms with E-state index >= 15 is 0 Å². The lowest BCUT2D eigenvalue weighted by molar-refractivity contribution is 0.240. The van der Waals surface area contributed by atoms with Gasteiger partial charge in [-0.2, -0.15) is 0 Å². The zero-order valence-electron chi connectivity index (χ0n) is 13.2. The summed E-state index contributed by atoms with van der Waals surface area (Å²) in [5, 5.41) is 5.70. The molecule has 2 heterocycles. The predicted octanol–water partition coefficient (Wildman–Crippen LogP) is 2.68. The van der Waals surface area contributed by atoms with Gasteiger partial charge >= 0.3 is 6.03 Å². The average Bonchev–Trinajstić information content (AvgIpc) is 3.14. The third-order valence-corrected chi connectivity index (χ3v) is 3.99. The first-order chi connectivity index (χ1) is 11.3. The average molecular weight is 310 g/mol. The molecule has 1 saturated heterocycles. The Hall–Kier alpha value is -2.56. The van der Waals surface area contributed by atoms with E-state index in [1.807, 2.05) is 48.7 Å². The molecule has 0 atom stereocenters. The van der Waals surface area contributed by atoms with Gasteiger partial charge in [-0.05, 0) is 30.0 Å². The van der Waals surface area contributed by atoms with Gasteiger partial charge in [0.25, 0.3) is 0 Å². The van der Waals surface area contributed by atoms with E-state index in [9.17, 15) is 4.79 Å². The van der Waals surface area contributed by atoms with Crippen molar-refractivity contribution in [3.05, 3.63) is 59.8 Å². The quantitative estimate of drug-likeness (QED) is 0.893. The van der Waals surface area contributed by atoms with Gasteiger partial charge in [0.15, 0.2) is 0 Å². The van der Waals surface area contributed by atoms with Gasteiger partial charge in [-0.25, -0.2) is 9.78 Å². The first-order valence-electron chi connectivity index (χ1n) is 8.07. The molecule has 0 unspecified atom stereocenters. The summed E-state index contributed by atoms with van der Waals surface area (Å²) >= 11 is 0. The molecule has 5 nitrogen and oxygen atoms in total. The number of benzene rings is 1. The van der Waals surface area contributed by atoms with Gasteiger partial charge in [0.05, 0.1) is 0 Å². The van der Waals surface area contributed by atoms with Crippen molar-refractivity contribution in [1.82, 2.24) is 15.6 Å². The maximum absolute atomic E-state index is 11.8. The molecular weight excluding hydrogens is 288 g/mol. The normalized spacial score (nSPS) is 13.8. The minimum atomic E-state index is -0.169. The molecule has 1 aromatic heterocycles. The Kier molecular flexibility index (Phi) is 5.09. The van der Waals surface area contributed by atoms with Crippen molar-refractivity contribution in [2.45, 2.75) is 25.9 Å². The Balaban J connectivity index is 1.43. The number of rotatable bonds is 5. The number of carbonyl (C=O) groups is 1. The van der Waals surface area contributed by atoms with Gasteiger partial charge in [-0.1, -0.05) is 36.4 Å². The summed E-state index contributed by atoms with van der Waals surface area (Å²) in [6.07, 6.45) is 4.32. The number of pyridine rings is 1. The van der Waals surface area contributed by atoms with Crippen LogP contribution >= 0.6 is 0 Å². The maximum Gasteiger partial charge on any atom is 0.315 e. The predicted molar refractivity (Wildman–Crippen MR) is 91.2 cm³/mol. The SMILES string of the molecule is O=C(NCc1ccccc1)NCc1ccc(N2CCCC2)nc1. The number of urea groups is 1. The molecule has 2 N–H and O–H groups in total. The molecule has 5 heteroatoms. The van der Waals surface area contributed by atoms with Crippen molar-refractivity contribution in [2.24, 2.45) is 0 Å². The molecule has 1 aliphatic heterocycles. The Morgan fingerprint density at radius 1 is 0.957 bits per heavy atom. The van der Waals surface area contributed by atoms with Crippen LogP contribution in [0.3, 0.4) is 0 Å². The fourth-order valence-corrected chi connectivity index (χ4v) is 2.68. The molecule has 2 aromatic rings. The Labute approximate surface area is 136 Å². The zero-order chi connectivity index (χ0) is 15.9. The number of nitrogens with one attached hydrogen (secondary N) is 2. The van der Waals surface area contributed by atoms with Crippen LogP contribution in [0.15, 0.2) is 48.7 Å². The maximum atomic E-state index is 11.8. The number of hydrogen-bond acceptors (Lipinski definition) is 3. The second kappa shape index (κ2) is 7.63. The first kappa shape index (κ1) is 15.3. The Bertz CT molecular complexity index is 621. The molecule has 0 radical (unpaired) electrons. The topological polar surface area (TPSA) is 57.3 Å².